The molecule has 0 bridgehead atoms. The van der Waals surface area contributed by atoms with Gasteiger partial charge >= 0.3 is 26.2 Å². The van der Waals surface area contributed by atoms with Gasteiger partial charge in [-0.15, -0.1) is 6.42 Å². The fourth-order valence-corrected chi connectivity index (χ4v) is 0.682. The van der Waals surface area contributed by atoms with Crippen molar-refractivity contribution in [2.24, 2.45) is 0 Å². The first-order valence-electron chi connectivity index (χ1n) is 3.63. The standard InChI is InChI=1S/C6H5.C5H5.Zr/c1-2-4-6-5-3-1;1-2-4-5-3-1;/h1-5H;1-3H,4H2;/q2*-1;+2. The fourth-order valence-electron chi connectivity index (χ4n) is 0.682. The zero-order valence-corrected chi connectivity index (χ0v) is 9.28. The Morgan fingerprint density at radius 3 is 1.92 bits per heavy atom. The molecule has 2 rings (SSSR count). The van der Waals surface area contributed by atoms with Crippen molar-refractivity contribution in [1.29, 1.82) is 0 Å². The monoisotopic (exact) mass is 232 g/mol. The third kappa shape index (κ3) is 6.30. The van der Waals surface area contributed by atoms with Gasteiger partial charge in [0.15, 0.2) is 0 Å². The van der Waals surface area contributed by atoms with Crippen molar-refractivity contribution in [3.05, 3.63) is 60.7 Å². The predicted molar refractivity (Wildman–Crippen MR) is 46.8 cm³/mol. The molecule has 12 heavy (non-hydrogen) atoms. The van der Waals surface area contributed by atoms with Crippen molar-refractivity contribution in [3.8, 4) is 0 Å². The first kappa shape index (κ1) is 11.6. The van der Waals surface area contributed by atoms with Gasteiger partial charge in [0, 0.05) is 0 Å². The van der Waals surface area contributed by atoms with Gasteiger partial charge in [-0.1, -0.05) is 0 Å². The summed E-state index contributed by atoms with van der Waals surface area (Å²) in [5, 5.41) is 0. The number of hydrogen-bond acceptors (Lipinski definition) is 0. The van der Waals surface area contributed by atoms with Crippen LogP contribution < -0.4 is 0 Å². The Balaban J connectivity index is 0.000000189. The molecule has 0 spiro atoms. The Hall–Kier alpha value is -0.417. The van der Waals surface area contributed by atoms with Gasteiger partial charge in [0.05, 0.1) is 0 Å². The smallest absolute Gasteiger partial charge is 0.273 e. The van der Waals surface area contributed by atoms with Crippen molar-refractivity contribution >= 4 is 0 Å². The third-order valence-electron chi connectivity index (χ3n) is 1.19. The maximum atomic E-state index is 2.99. The molecular weight excluding hydrogens is 223 g/mol. The number of hydrogen-bond donors (Lipinski definition) is 0. The van der Waals surface area contributed by atoms with Crippen LogP contribution in [0.5, 0.6) is 0 Å². The molecule has 0 nitrogen and oxygen atoms in total. The van der Waals surface area contributed by atoms with Crippen LogP contribution in [0.15, 0.2) is 48.6 Å². The van der Waals surface area contributed by atoms with E-state index in [1.165, 1.54) is 0 Å². The second-order valence-corrected chi connectivity index (χ2v) is 2.08. The molecule has 0 heterocycles. The first-order valence-corrected chi connectivity index (χ1v) is 3.63. The van der Waals surface area contributed by atoms with Crippen molar-refractivity contribution < 1.29 is 26.2 Å². The summed E-state index contributed by atoms with van der Waals surface area (Å²) >= 11 is 0. The van der Waals surface area contributed by atoms with Crippen LogP contribution in [-0.2, 0) is 26.2 Å². The quantitative estimate of drug-likeness (QED) is 0.605. The summed E-state index contributed by atoms with van der Waals surface area (Å²) in [4.78, 5) is 0. The molecule has 0 N–H and O–H groups in total. The summed E-state index contributed by atoms with van der Waals surface area (Å²) in [6.07, 6.45) is 10.0. The molecular formula is C11H10Zr. The summed E-state index contributed by atoms with van der Waals surface area (Å²) in [5.41, 5.74) is 0. The maximum Gasteiger partial charge on any atom is 2.00 e. The van der Waals surface area contributed by atoms with Crippen LogP contribution in [0, 0.1) is 12.1 Å². The third-order valence-corrected chi connectivity index (χ3v) is 1.19. The molecule has 0 saturated heterocycles. The van der Waals surface area contributed by atoms with E-state index in [1.54, 1.807) is 0 Å². The second kappa shape index (κ2) is 8.68. The van der Waals surface area contributed by atoms with E-state index >= 15 is 0 Å². The largest absolute Gasteiger partial charge is 2.00 e. The molecule has 0 unspecified atom stereocenters. The molecule has 58 valence electrons. The fraction of sp³-hybridized carbons (Fsp3) is 0.0909. The Kier molecular flexibility index (Phi) is 8.38. The van der Waals surface area contributed by atoms with Crippen LogP contribution in [0.3, 0.4) is 0 Å². The Labute approximate surface area is 93.1 Å². The van der Waals surface area contributed by atoms with Crippen molar-refractivity contribution in [2.45, 2.75) is 6.42 Å². The van der Waals surface area contributed by atoms with Gasteiger partial charge in [-0.05, 0) is 0 Å². The molecule has 1 heteroatoms. The van der Waals surface area contributed by atoms with Gasteiger partial charge in [-0.3, -0.25) is 6.08 Å². The van der Waals surface area contributed by atoms with E-state index in [0.717, 1.165) is 6.42 Å². The van der Waals surface area contributed by atoms with E-state index < -0.39 is 0 Å². The number of allylic oxidation sites excluding steroid dienone is 4. The molecule has 1 aliphatic rings. The summed E-state index contributed by atoms with van der Waals surface area (Å²) < 4.78 is 0. The zero-order valence-electron chi connectivity index (χ0n) is 6.83. The molecule has 0 fully saturated rings. The van der Waals surface area contributed by atoms with E-state index in [1.807, 2.05) is 42.5 Å². The molecule has 1 aromatic carbocycles. The molecule has 0 saturated carbocycles. The second-order valence-electron chi connectivity index (χ2n) is 2.08. The van der Waals surface area contributed by atoms with Gasteiger partial charge in [0.1, 0.15) is 0 Å². The van der Waals surface area contributed by atoms with Crippen LogP contribution in [0.2, 0.25) is 0 Å². The summed E-state index contributed by atoms with van der Waals surface area (Å²) in [6, 6.07) is 12.5. The Morgan fingerprint density at radius 2 is 1.75 bits per heavy atom. The van der Waals surface area contributed by atoms with E-state index in [2.05, 4.69) is 18.2 Å². The molecule has 0 atom stereocenters. The molecule has 0 aromatic heterocycles. The zero-order chi connectivity index (χ0) is 7.78. The average molecular weight is 233 g/mol. The minimum Gasteiger partial charge on any atom is -0.273 e. The van der Waals surface area contributed by atoms with Crippen LogP contribution in [0.25, 0.3) is 0 Å². The Morgan fingerprint density at radius 1 is 1.00 bits per heavy atom. The first-order chi connectivity index (χ1) is 5.50. The van der Waals surface area contributed by atoms with Crippen LogP contribution in [-0.4, -0.2) is 0 Å². The van der Waals surface area contributed by atoms with E-state index in [9.17, 15) is 0 Å². The van der Waals surface area contributed by atoms with Gasteiger partial charge < -0.3 is 0 Å². The topological polar surface area (TPSA) is 0 Å². The van der Waals surface area contributed by atoms with Crippen molar-refractivity contribution in [3.63, 3.8) is 0 Å². The molecule has 0 radical (unpaired) electrons. The van der Waals surface area contributed by atoms with E-state index in [0.29, 0.717) is 0 Å². The normalized spacial score (nSPS) is 11.3. The minimum absolute atomic E-state index is 0. The van der Waals surface area contributed by atoms with Crippen molar-refractivity contribution in [2.75, 3.05) is 0 Å². The summed E-state index contributed by atoms with van der Waals surface area (Å²) in [7, 11) is 0. The number of benzene rings is 1. The summed E-state index contributed by atoms with van der Waals surface area (Å²) in [6.45, 7) is 0. The Bertz CT molecular complexity index is 187. The molecule has 1 aliphatic carbocycles. The SMILES string of the molecule is [C-]1=CC=CC1.[Zr+2].[c-]1ccccc1. The maximum absolute atomic E-state index is 2.99. The van der Waals surface area contributed by atoms with Crippen LogP contribution >= 0.6 is 0 Å². The summed E-state index contributed by atoms with van der Waals surface area (Å²) in [5.74, 6) is 0. The van der Waals surface area contributed by atoms with Gasteiger partial charge in [-0.2, -0.15) is 42.5 Å². The van der Waals surface area contributed by atoms with Crippen molar-refractivity contribution in [1.82, 2.24) is 0 Å². The van der Waals surface area contributed by atoms with Crippen LogP contribution in [0.4, 0.5) is 0 Å². The van der Waals surface area contributed by atoms with Gasteiger partial charge in [-0.25, -0.2) is 12.2 Å². The van der Waals surface area contributed by atoms with E-state index in [4.69, 9.17) is 0 Å². The predicted octanol–water partition coefficient (Wildman–Crippen LogP) is 2.79. The average Bonchev–Trinajstić information content (AvgIpc) is 2.64. The minimum atomic E-state index is 0. The molecule has 1 aromatic rings. The van der Waals surface area contributed by atoms with E-state index in [-0.39, 0.29) is 26.2 Å². The molecule has 0 aliphatic heterocycles. The van der Waals surface area contributed by atoms with Gasteiger partial charge in [0.25, 0.3) is 0 Å². The van der Waals surface area contributed by atoms with Crippen LogP contribution in [0.1, 0.15) is 6.42 Å². The number of rotatable bonds is 0. The molecule has 0 amide bonds. The van der Waals surface area contributed by atoms with Gasteiger partial charge in [0.2, 0.25) is 0 Å².